The van der Waals surface area contributed by atoms with Crippen LogP contribution >= 0.6 is 23.1 Å². The van der Waals surface area contributed by atoms with E-state index in [-0.39, 0.29) is 6.03 Å². The SMILES string of the molecule is CN(C)C(=O)N(C)c1nnc(SCc2ccon2)s1. The van der Waals surface area contributed by atoms with Gasteiger partial charge in [-0.3, -0.25) is 4.90 Å². The van der Waals surface area contributed by atoms with Gasteiger partial charge in [-0.05, 0) is 0 Å². The number of hydrogen-bond donors (Lipinski definition) is 0. The number of urea groups is 1. The molecule has 0 aromatic carbocycles. The minimum atomic E-state index is -0.135. The first-order chi connectivity index (χ1) is 9.08. The van der Waals surface area contributed by atoms with Crippen molar-refractivity contribution in [3.8, 4) is 0 Å². The van der Waals surface area contributed by atoms with Crippen LogP contribution in [0.2, 0.25) is 0 Å². The summed E-state index contributed by atoms with van der Waals surface area (Å²) in [6.07, 6.45) is 1.53. The van der Waals surface area contributed by atoms with Gasteiger partial charge in [-0.1, -0.05) is 28.3 Å². The normalized spacial score (nSPS) is 10.5. The standard InChI is InChI=1S/C10H13N5O2S2/c1-14(2)10(16)15(3)8-11-12-9(19-8)18-6-7-4-5-17-13-7/h4-5H,6H2,1-3H3. The zero-order valence-electron chi connectivity index (χ0n) is 10.7. The summed E-state index contributed by atoms with van der Waals surface area (Å²) in [7, 11) is 5.06. The molecule has 0 saturated heterocycles. The van der Waals surface area contributed by atoms with Crippen LogP contribution in [0.3, 0.4) is 0 Å². The lowest BCUT2D eigenvalue weighted by atomic mass is 10.5. The molecule has 102 valence electrons. The van der Waals surface area contributed by atoms with Crippen LogP contribution in [0, 0.1) is 0 Å². The third kappa shape index (κ3) is 3.44. The van der Waals surface area contributed by atoms with E-state index in [1.54, 1.807) is 27.2 Å². The lowest BCUT2D eigenvalue weighted by molar-refractivity contribution is 0.225. The highest BCUT2D eigenvalue weighted by atomic mass is 32.2. The van der Waals surface area contributed by atoms with Gasteiger partial charge >= 0.3 is 6.03 Å². The van der Waals surface area contributed by atoms with Crippen LogP contribution in [0.1, 0.15) is 5.69 Å². The summed E-state index contributed by atoms with van der Waals surface area (Å²) in [6, 6.07) is 1.67. The van der Waals surface area contributed by atoms with E-state index in [4.69, 9.17) is 4.52 Å². The van der Waals surface area contributed by atoms with Gasteiger partial charge in [-0.25, -0.2) is 4.79 Å². The molecule has 0 spiro atoms. The molecule has 2 rings (SSSR count). The smallest absolute Gasteiger partial charge is 0.325 e. The first-order valence-corrected chi connectivity index (χ1v) is 7.18. The maximum absolute atomic E-state index is 11.8. The van der Waals surface area contributed by atoms with Crippen LogP contribution in [-0.2, 0) is 5.75 Å². The molecule has 2 heterocycles. The number of nitrogens with zero attached hydrogens (tertiary/aromatic N) is 5. The number of hydrogen-bond acceptors (Lipinski definition) is 7. The van der Waals surface area contributed by atoms with Crippen LogP contribution in [0.4, 0.5) is 9.93 Å². The lowest BCUT2D eigenvalue weighted by Gasteiger charge is -2.18. The minimum absolute atomic E-state index is 0.135. The molecule has 0 unspecified atom stereocenters. The summed E-state index contributed by atoms with van der Waals surface area (Å²) in [5, 5.41) is 12.4. The molecule has 0 radical (unpaired) electrons. The van der Waals surface area contributed by atoms with E-state index in [0.29, 0.717) is 10.9 Å². The second-order valence-electron chi connectivity index (χ2n) is 3.87. The van der Waals surface area contributed by atoms with Crippen molar-refractivity contribution in [1.29, 1.82) is 0 Å². The van der Waals surface area contributed by atoms with Gasteiger partial charge in [0.1, 0.15) is 6.26 Å². The van der Waals surface area contributed by atoms with Crippen LogP contribution < -0.4 is 4.90 Å². The zero-order valence-corrected chi connectivity index (χ0v) is 12.4. The van der Waals surface area contributed by atoms with Gasteiger partial charge in [-0.15, -0.1) is 10.2 Å². The molecular weight excluding hydrogens is 286 g/mol. The molecule has 0 aliphatic rings. The summed E-state index contributed by atoms with van der Waals surface area (Å²) in [6.45, 7) is 0. The molecule has 0 saturated carbocycles. The van der Waals surface area contributed by atoms with Crippen molar-refractivity contribution >= 4 is 34.3 Å². The maximum atomic E-state index is 11.8. The van der Waals surface area contributed by atoms with Gasteiger partial charge in [0.25, 0.3) is 0 Å². The summed E-state index contributed by atoms with van der Waals surface area (Å²) < 4.78 is 5.54. The Morgan fingerprint density at radius 3 is 2.84 bits per heavy atom. The molecule has 2 amide bonds. The van der Waals surface area contributed by atoms with E-state index in [0.717, 1.165) is 10.0 Å². The first kappa shape index (κ1) is 13.8. The van der Waals surface area contributed by atoms with Gasteiger partial charge < -0.3 is 9.42 Å². The quantitative estimate of drug-likeness (QED) is 0.634. The summed E-state index contributed by atoms with van der Waals surface area (Å²) in [5.41, 5.74) is 0.847. The van der Waals surface area contributed by atoms with Crippen molar-refractivity contribution < 1.29 is 9.32 Å². The molecule has 0 N–H and O–H groups in total. The fraction of sp³-hybridized carbons (Fsp3) is 0.400. The minimum Gasteiger partial charge on any atom is -0.364 e. The highest BCUT2D eigenvalue weighted by molar-refractivity contribution is 8.00. The topological polar surface area (TPSA) is 75.4 Å². The summed E-state index contributed by atoms with van der Waals surface area (Å²) in [5.74, 6) is 0.663. The van der Waals surface area contributed by atoms with E-state index in [1.165, 1.54) is 39.2 Å². The van der Waals surface area contributed by atoms with E-state index in [1.807, 2.05) is 0 Å². The van der Waals surface area contributed by atoms with Crippen molar-refractivity contribution in [3.05, 3.63) is 18.0 Å². The van der Waals surface area contributed by atoms with E-state index >= 15 is 0 Å². The second kappa shape index (κ2) is 6.02. The van der Waals surface area contributed by atoms with Crippen LogP contribution in [0.5, 0.6) is 0 Å². The molecule has 0 fully saturated rings. The van der Waals surface area contributed by atoms with E-state index in [2.05, 4.69) is 15.4 Å². The largest absolute Gasteiger partial charge is 0.364 e. The Bertz CT molecular complexity index is 540. The zero-order chi connectivity index (χ0) is 13.8. The van der Waals surface area contributed by atoms with Gasteiger partial charge in [0.15, 0.2) is 4.34 Å². The third-order valence-electron chi connectivity index (χ3n) is 2.19. The number of rotatable bonds is 4. The fourth-order valence-corrected chi connectivity index (χ4v) is 2.92. The lowest BCUT2D eigenvalue weighted by Crippen LogP contribution is -2.36. The molecule has 2 aromatic rings. The van der Waals surface area contributed by atoms with E-state index < -0.39 is 0 Å². The van der Waals surface area contributed by atoms with Crippen LogP contribution in [-0.4, -0.2) is 47.4 Å². The average Bonchev–Trinajstić information content (AvgIpc) is 3.05. The molecule has 0 aliphatic carbocycles. The summed E-state index contributed by atoms with van der Waals surface area (Å²) >= 11 is 2.88. The number of aromatic nitrogens is 3. The van der Waals surface area contributed by atoms with E-state index in [9.17, 15) is 4.79 Å². The molecule has 9 heteroatoms. The predicted molar refractivity (Wildman–Crippen MR) is 73.5 cm³/mol. The van der Waals surface area contributed by atoms with Crippen molar-refractivity contribution in [2.45, 2.75) is 10.1 Å². The number of amides is 2. The number of anilines is 1. The fourth-order valence-electron chi connectivity index (χ4n) is 1.23. The Hall–Kier alpha value is -1.61. The van der Waals surface area contributed by atoms with Gasteiger partial charge in [0.05, 0.1) is 5.69 Å². The third-order valence-corrected chi connectivity index (χ3v) is 4.35. The highest BCUT2D eigenvalue weighted by Crippen LogP contribution is 2.29. The Morgan fingerprint density at radius 1 is 1.42 bits per heavy atom. The molecule has 2 aromatic heterocycles. The molecule has 0 bridgehead atoms. The number of carbonyl (C=O) groups excluding carboxylic acids is 1. The molecule has 7 nitrogen and oxygen atoms in total. The highest BCUT2D eigenvalue weighted by Gasteiger charge is 2.17. The van der Waals surface area contributed by atoms with Crippen molar-refractivity contribution in [1.82, 2.24) is 20.3 Å². The van der Waals surface area contributed by atoms with Gasteiger partial charge in [0.2, 0.25) is 5.13 Å². The number of carbonyl (C=O) groups is 1. The molecular formula is C10H13N5O2S2. The number of thioether (sulfide) groups is 1. The maximum Gasteiger partial charge on any atom is 0.325 e. The molecule has 19 heavy (non-hydrogen) atoms. The molecule has 0 atom stereocenters. The monoisotopic (exact) mass is 299 g/mol. The average molecular weight is 299 g/mol. The first-order valence-electron chi connectivity index (χ1n) is 5.38. The predicted octanol–water partition coefficient (Wildman–Crippen LogP) is 1.94. The van der Waals surface area contributed by atoms with Gasteiger partial charge in [0, 0.05) is 33.0 Å². The summed E-state index contributed by atoms with van der Waals surface area (Å²) in [4.78, 5) is 14.7. The van der Waals surface area contributed by atoms with Crippen molar-refractivity contribution in [2.24, 2.45) is 0 Å². The van der Waals surface area contributed by atoms with Crippen molar-refractivity contribution in [3.63, 3.8) is 0 Å². The Balaban J connectivity index is 1.97. The van der Waals surface area contributed by atoms with Crippen LogP contribution in [0.15, 0.2) is 21.2 Å². The van der Waals surface area contributed by atoms with Crippen LogP contribution in [0.25, 0.3) is 0 Å². The second-order valence-corrected chi connectivity index (χ2v) is 6.04. The Morgan fingerprint density at radius 2 is 2.21 bits per heavy atom. The van der Waals surface area contributed by atoms with Gasteiger partial charge in [-0.2, -0.15) is 0 Å². The Kier molecular flexibility index (Phi) is 4.38. The van der Waals surface area contributed by atoms with Crippen molar-refractivity contribution in [2.75, 3.05) is 26.0 Å². The molecule has 0 aliphatic heterocycles. The Labute approximate surface area is 118 Å².